The summed E-state index contributed by atoms with van der Waals surface area (Å²) in [7, 11) is -3.70. The number of aromatic nitrogens is 3. The van der Waals surface area contributed by atoms with Crippen LogP contribution in [-0.4, -0.2) is 23.6 Å². The molecule has 1 heterocycles. The number of aryl methyl sites for hydroxylation is 1. The minimum absolute atomic E-state index is 0.0473. The van der Waals surface area contributed by atoms with Crippen molar-refractivity contribution in [1.29, 1.82) is 0 Å². The molecular weight excluding hydrogens is 288 g/mol. The minimum atomic E-state index is -3.70. The third kappa shape index (κ3) is 3.12. The standard InChI is InChI=1S/C11H13ClN4O2S/c1-7-3-4-10(9(12)5-7)19(17,18)16-8(2)11-13-6-14-15-11/h3-6,8,16H,1-2H3,(H,13,14,15). The van der Waals surface area contributed by atoms with Crippen molar-refractivity contribution in [2.45, 2.75) is 24.8 Å². The lowest BCUT2D eigenvalue weighted by molar-refractivity contribution is 0.560. The van der Waals surface area contributed by atoms with Gasteiger partial charge < -0.3 is 0 Å². The fraction of sp³-hybridized carbons (Fsp3) is 0.273. The first-order chi connectivity index (χ1) is 8.90. The summed E-state index contributed by atoms with van der Waals surface area (Å²) in [6.45, 7) is 3.51. The molecule has 2 N–H and O–H groups in total. The third-order valence-corrected chi connectivity index (χ3v) is 4.58. The first-order valence-corrected chi connectivity index (χ1v) is 7.40. The highest BCUT2D eigenvalue weighted by Crippen LogP contribution is 2.23. The molecule has 1 atom stereocenters. The van der Waals surface area contributed by atoms with E-state index in [1.165, 1.54) is 12.4 Å². The van der Waals surface area contributed by atoms with Gasteiger partial charge in [0.05, 0.1) is 11.1 Å². The van der Waals surface area contributed by atoms with Crippen LogP contribution in [0.25, 0.3) is 0 Å². The van der Waals surface area contributed by atoms with Crippen LogP contribution in [0.3, 0.4) is 0 Å². The van der Waals surface area contributed by atoms with Crippen molar-refractivity contribution in [3.63, 3.8) is 0 Å². The molecule has 102 valence electrons. The van der Waals surface area contributed by atoms with Crippen molar-refractivity contribution in [1.82, 2.24) is 19.9 Å². The smallest absolute Gasteiger partial charge is 0.242 e. The monoisotopic (exact) mass is 300 g/mol. The highest BCUT2D eigenvalue weighted by molar-refractivity contribution is 7.89. The molecule has 0 spiro atoms. The van der Waals surface area contributed by atoms with Gasteiger partial charge >= 0.3 is 0 Å². The van der Waals surface area contributed by atoms with Crippen molar-refractivity contribution in [3.8, 4) is 0 Å². The number of nitrogens with one attached hydrogen (secondary N) is 2. The summed E-state index contributed by atoms with van der Waals surface area (Å²) in [5.74, 6) is 0.437. The molecule has 0 fully saturated rings. The normalized spacial score (nSPS) is 13.4. The van der Waals surface area contributed by atoms with E-state index in [2.05, 4.69) is 19.9 Å². The molecular formula is C11H13ClN4O2S. The van der Waals surface area contributed by atoms with Gasteiger partial charge in [-0.2, -0.15) is 5.10 Å². The average Bonchev–Trinajstić information content (AvgIpc) is 2.80. The largest absolute Gasteiger partial charge is 0.262 e. The molecule has 19 heavy (non-hydrogen) atoms. The highest BCUT2D eigenvalue weighted by Gasteiger charge is 2.22. The molecule has 2 aromatic rings. The van der Waals surface area contributed by atoms with Crippen LogP contribution in [0.1, 0.15) is 24.4 Å². The molecule has 2 rings (SSSR count). The number of aromatic amines is 1. The molecule has 1 aromatic carbocycles. The Bertz CT molecular complexity index is 670. The van der Waals surface area contributed by atoms with Gasteiger partial charge in [-0.25, -0.2) is 18.1 Å². The molecule has 0 amide bonds. The van der Waals surface area contributed by atoms with E-state index in [9.17, 15) is 8.42 Å². The van der Waals surface area contributed by atoms with Gasteiger partial charge in [-0.1, -0.05) is 17.7 Å². The molecule has 0 aliphatic rings. The van der Waals surface area contributed by atoms with Crippen LogP contribution in [0.2, 0.25) is 5.02 Å². The third-order valence-electron chi connectivity index (χ3n) is 2.55. The van der Waals surface area contributed by atoms with E-state index in [1.54, 1.807) is 19.1 Å². The highest BCUT2D eigenvalue weighted by atomic mass is 35.5. The summed E-state index contributed by atoms with van der Waals surface area (Å²) in [6.07, 6.45) is 1.32. The predicted octanol–water partition coefficient (Wildman–Crippen LogP) is 1.81. The van der Waals surface area contributed by atoms with Crippen molar-refractivity contribution in [3.05, 3.63) is 40.9 Å². The Morgan fingerprint density at radius 3 is 2.74 bits per heavy atom. The minimum Gasteiger partial charge on any atom is -0.262 e. The Labute approximate surface area is 116 Å². The van der Waals surface area contributed by atoms with Crippen molar-refractivity contribution in [2.75, 3.05) is 0 Å². The zero-order valence-electron chi connectivity index (χ0n) is 10.4. The lowest BCUT2D eigenvalue weighted by Crippen LogP contribution is -2.27. The number of hydrogen-bond acceptors (Lipinski definition) is 4. The van der Waals surface area contributed by atoms with Gasteiger partial charge in [0.15, 0.2) is 0 Å². The number of benzene rings is 1. The molecule has 0 radical (unpaired) electrons. The first kappa shape index (κ1) is 14.0. The van der Waals surface area contributed by atoms with Crippen LogP contribution in [0, 0.1) is 6.92 Å². The molecule has 1 unspecified atom stereocenters. The quantitative estimate of drug-likeness (QED) is 0.901. The molecule has 0 saturated carbocycles. The Balaban J connectivity index is 2.28. The maximum atomic E-state index is 12.2. The van der Waals surface area contributed by atoms with Crippen LogP contribution < -0.4 is 4.72 Å². The lowest BCUT2D eigenvalue weighted by atomic mass is 10.2. The van der Waals surface area contributed by atoms with E-state index in [0.717, 1.165) is 5.56 Å². The van der Waals surface area contributed by atoms with E-state index in [-0.39, 0.29) is 9.92 Å². The van der Waals surface area contributed by atoms with Crippen molar-refractivity contribution >= 4 is 21.6 Å². The van der Waals surface area contributed by atoms with Crippen LogP contribution in [0.15, 0.2) is 29.4 Å². The molecule has 0 aliphatic heterocycles. The fourth-order valence-electron chi connectivity index (χ4n) is 1.60. The van der Waals surface area contributed by atoms with E-state index >= 15 is 0 Å². The van der Waals surface area contributed by atoms with E-state index in [1.807, 2.05) is 6.92 Å². The Morgan fingerprint density at radius 2 is 2.16 bits per heavy atom. The Hall–Kier alpha value is -1.44. The Morgan fingerprint density at radius 1 is 1.42 bits per heavy atom. The first-order valence-electron chi connectivity index (χ1n) is 5.54. The molecule has 1 aromatic heterocycles. The second-order valence-corrected chi connectivity index (χ2v) is 6.24. The summed E-state index contributed by atoms with van der Waals surface area (Å²) in [5, 5.41) is 6.48. The number of nitrogens with zero attached hydrogens (tertiary/aromatic N) is 2. The summed E-state index contributed by atoms with van der Waals surface area (Å²) in [4.78, 5) is 3.95. The van der Waals surface area contributed by atoms with Gasteiger partial charge in [0.2, 0.25) is 10.0 Å². The van der Waals surface area contributed by atoms with Crippen molar-refractivity contribution < 1.29 is 8.42 Å². The zero-order chi connectivity index (χ0) is 14.0. The van der Waals surface area contributed by atoms with Crippen molar-refractivity contribution in [2.24, 2.45) is 0 Å². The van der Waals surface area contributed by atoms with Gasteiger partial charge in [0, 0.05) is 0 Å². The van der Waals surface area contributed by atoms with Crippen LogP contribution in [0.4, 0.5) is 0 Å². The number of halogens is 1. The van der Waals surface area contributed by atoms with E-state index < -0.39 is 16.1 Å². The van der Waals surface area contributed by atoms with Crippen LogP contribution in [-0.2, 0) is 10.0 Å². The summed E-state index contributed by atoms with van der Waals surface area (Å²) in [5.41, 5.74) is 0.896. The van der Waals surface area contributed by atoms with Gasteiger partial charge in [-0.05, 0) is 31.5 Å². The van der Waals surface area contributed by atoms with Gasteiger partial charge in [0.25, 0.3) is 0 Å². The topological polar surface area (TPSA) is 87.7 Å². The van der Waals surface area contributed by atoms with Crippen LogP contribution >= 0.6 is 11.6 Å². The fourth-order valence-corrected chi connectivity index (χ4v) is 3.41. The summed E-state index contributed by atoms with van der Waals surface area (Å²) >= 11 is 5.97. The molecule has 8 heteroatoms. The second kappa shape index (κ2) is 5.28. The van der Waals surface area contributed by atoms with Gasteiger partial charge in [-0.3, -0.25) is 5.10 Å². The number of hydrogen-bond donors (Lipinski definition) is 2. The van der Waals surface area contributed by atoms with Gasteiger partial charge in [0.1, 0.15) is 17.0 Å². The van der Waals surface area contributed by atoms with Crippen LogP contribution in [0.5, 0.6) is 0 Å². The Kier molecular flexibility index (Phi) is 3.88. The maximum Gasteiger partial charge on any atom is 0.242 e. The zero-order valence-corrected chi connectivity index (χ0v) is 12.0. The lowest BCUT2D eigenvalue weighted by Gasteiger charge is -2.13. The van der Waals surface area contributed by atoms with E-state index in [0.29, 0.717) is 5.82 Å². The predicted molar refractivity (Wildman–Crippen MR) is 71.3 cm³/mol. The maximum absolute atomic E-state index is 12.2. The molecule has 0 saturated heterocycles. The second-order valence-electron chi connectivity index (χ2n) is 4.15. The number of H-pyrrole nitrogens is 1. The number of sulfonamides is 1. The SMILES string of the molecule is Cc1ccc(S(=O)(=O)NC(C)c2ncn[nH]2)c(Cl)c1. The summed E-state index contributed by atoms with van der Waals surface area (Å²) in [6, 6.07) is 4.26. The van der Waals surface area contributed by atoms with E-state index in [4.69, 9.17) is 11.6 Å². The molecule has 0 bridgehead atoms. The number of rotatable bonds is 4. The molecule has 0 aliphatic carbocycles. The average molecular weight is 301 g/mol. The van der Waals surface area contributed by atoms with Gasteiger partial charge in [-0.15, -0.1) is 0 Å². The molecule has 6 nitrogen and oxygen atoms in total. The summed E-state index contributed by atoms with van der Waals surface area (Å²) < 4.78 is 26.9.